The summed E-state index contributed by atoms with van der Waals surface area (Å²) in [5.41, 5.74) is 3.54. The molecule has 0 N–H and O–H groups in total. The molecule has 0 radical (unpaired) electrons. The van der Waals surface area contributed by atoms with Crippen LogP contribution in [0.3, 0.4) is 0 Å². The molecule has 2 aromatic carbocycles. The zero-order valence-electron chi connectivity index (χ0n) is 15.2. The van der Waals surface area contributed by atoms with E-state index in [1.807, 2.05) is 12.2 Å². The minimum atomic E-state index is -2.79. The Bertz CT molecular complexity index is 696. The maximum Gasteiger partial charge on any atom is 0.387 e. The number of halogens is 2. The van der Waals surface area contributed by atoms with E-state index in [1.54, 1.807) is 24.3 Å². The molecular weight excluding hydrogens is 330 g/mol. The third-order valence-electron chi connectivity index (χ3n) is 5.41. The van der Waals surface area contributed by atoms with Gasteiger partial charge in [0.2, 0.25) is 0 Å². The standard InChI is InChI=1S/C23H26F2O/c1-2-17-5-11-20(12-6-17)21-13-7-18(8-14-21)3-4-19-9-15-22(16-10-19)26-23(24)25/h3-4,7-10,13-17,20,23H,2,5-6,11-12H2,1H3/t17-,20-. The van der Waals surface area contributed by atoms with Crippen molar-refractivity contribution in [1.82, 2.24) is 0 Å². The summed E-state index contributed by atoms with van der Waals surface area (Å²) in [6, 6.07) is 15.5. The Morgan fingerprint density at radius 3 is 1.92 bits per heavy atom. The highest BCUT2D eigenvalue weighted by atomic mass is 19.3. The monoisotopic (exact) mass is 356 g/mol. The molecule has 0 aliphatic heterocycles. The molecule has 0 unspecified atom stereocenters. The molecule has 3 heteroatoms. The zero-order chi connectivity index (χ0) is 18.4. The number of hydrogen-bond acceptors (Lipinski definition) is 1. The summed E-state index contributed by atoms with van der Waals surface area (Å²) in [4.78, 5) is 0. The van der Waals surface area contributed by atoms with E-state index in [9.17, 15) is 8.78 Å². The van der Waals surface area contributed by atoms with Gasteiger partial charge in [0, 0.05) is 0 Å². The number of benzene rings is 2. The van der Waals surface area contributed by atoms with Crippen molar-refractivity contribution in [2.75, 3.05) is 0 Å². The first-order chi connectivity index (χ1) is 12.6. The quantitative estimate of drug-likeness (QED) is 0.500. The Hall–Kier alpha value is -2.16. The summed E-state index contributed by atoms with van der Waals surface area (Å²) in [5.74, 6) is 1.81. The molecule has 0 spiro atoms. The van der Waals surface area contributed by atoms with E-state index >= 15 is 0 Å². The molecule has 26 heavy (non-hydrogen) atoms. The summed E-state index contributed by atoms with van der Waals surface area (Å²) in [6.07, 6.45) is 10.7. The number of ether oxygens (including phenoxy) is 1. The van der Waals surface area contributed by atoms with E-state index in [1.165, 1.54) is 37.7 Å². The zero-order valence-corrected chi connectivity index (χ0v) is 15.2. The minimum absolute atomic E-state index is 0.180. The van der Waals surface area contributed by atoms with Crippen LogP contribution in [0.5, 0.6) is 5.75 Å². The molecule has 0 saturated heterocycles. The molecule has 2 aromatic rings. The Kier molecular flexibility index (Phi) is 6.43. The van der Waals surface area contributed by atoms with Gasteiger partial charge in [0.1, 0.15) is 5.75 Å². The van der Waals surface area contributed by atoms with E-state index in [-0.39, 0.29) is 5.75 Å². The highest BCUT2D eigenvalue weighted by molar-refractivity contribution is 5.69. The van der Waals surface area contributed by atoms with Crippen LogP contribution in [0.2, 0.25) is 0 Å². The molecule has 0 heterocycles. The minimum Gasteiger partial charge on any atom is -0.435 e. The van der Waals surface area contributed by atoms with E-state index in [2.05, 4.69) is 35.9 Å². The van der Waals surface area contributed by atoms with Crippen molar-refractivity contribution in [3.8, 4) is 5.75 Å². The van der Waals surface area contributed by atoms with Gasteiger partial charge in [-0.15, -0.1) is 0 Å². The topological polar surface area (TPSA) is 9.23 Å². The number of rotatable bonds is 6. The molecule has 1 fully saturated rings. The first kappa shape index (κ1) is 18.6. The van der Waals surface area contributed by atoms with E-state index < -0.39 is 6.61 Å². The van der Waals surface area contributed by atoms with Gasteiger partial charge in [-0.25, -0.2) is 0 Å². The fourth-order valence-corrected chi connectivity index (χ4v) is 3.74. The molecule has 1 aliphatic carbocycles. The second-order valence-corrected chi connectivity index (χ2v) is 7.07. The smallest absolute Gasteiger partial charge is 0.387 e. The summed E-state index contributed by atoms with van der Waals surface area (Å²) in [6.45, 7) is -0.488. The first-order valence-electron chi connectivity index (χ1n) is 9.47. The van der Waals surface area contributed by atoms with Crippen LogP contribution in [-0.2, 0) is 0 Å². The predicted molar refractivity (Wildman–Crippen MR) is 103 cm³/mol. The lowest BCUT2D eigenvalue weighted by molar-refractivity contribution is -0.0498. The van der Waals surface area contributed by atoms with Crippen molar-refractivity contribution in [3.63, 3.8) is 0 Å². The van der Waals surface area contributed by atoms with Crippen LogP contribution in [-0.4, -0.2) is 6.61 Å². The van der Waals surface area contributed by atoms with E-state index in [4.69, 9.17) is 0 Å². The van der Waals surface area contributed by atoms with Gasteiger partial charge in [0.05, 0.1) is 0 Å². The van der Waals surface area contributed by atoms with Crippen molar-refractivity contribution >= 4 is 12.2 Å². The van der Waals surface area contributed by atoms with Crippen LogP contribution in [0.4, 0.5) is 8.78 Å². The molecule has 0 atom stereocenters. The highest BCUT2D eigenvalue weighted by Crippen LogP contribution is 2.36. The average molecular weight is 356 g/mol. The lowest BCUT2D eigenvalue weighted by Crippen LogP contribution is -2.12. The van der Waals surface area contributed by atoms with Crippen molar-refractivity contribution in [3.05, 3.63) is 65.2 Å². The fourth-order valence-electron chi connectivity index (χ4n) is 3.74. The summed E-state index contributed by atoms with van der Waals surface area (Å²) in [7, 11) is 0. The molecule has 1 nitrogen and oxygen atoms in total. The second kappa shape index (κ2) is 8.98. The molecule has 0 aromatic heterocycles. The predicted octanol–water partition coefficient (Wildman–Crippen LogP) is 7.14. The van der Waals surface area contributed by atoms with E-state index in [0.29, 0.717) is 5.92 Å². The van der Waals surface area contributed by atoms with Gasteiger partial charge in [-0.2, -0.15) is 8.78 Å². The highest BCUT2D eigenvalue weighted by Gasteiger charge is 2.20. The van der Waals surface area contributed by atoms with Gasteiger partial charge in [0.25, 0.3) is 0 Å². The van der Waals surface area contributed by atoms with Crippen LogP contribution in [0, 0.1) is 5.92 Å². The average Bonchev–Trinajstić information content (AvgIpc) is 2.67. The normalized spacial score (nSPS) is 20.6. The van der Waals surface area contributed by atoms with Crippen LogP contribution in [0.15, 0.2) is 48.5 Å². The van der Waals surface area contributed by atoms with Crippen molar-refractivity contribution in [2.24, 2.45) is 5.92 Å². The molecule has 1 saturated carbocycles. The van der Waals surface area contributed by atoms with Gasteiger partial charge in [-0.1, -0.05) is 61.9 Å². The van der Waals surface area contributed by atoms with Crippen molar-refractivity contribution < 1.29 is 13.5 Å². The first-order valence-corrected chi connectivity index (χ1v) is 9.47. The third-order valence-corrected chi connectivity index (χ3v) is 5.41. The largest absolute Gasteiger partial charge is 0.435 e. The second-order valence-electron chi connectivity index (χ2n) is 7.07. The number of hydrogen-bond donors (Lipinski definition) is 0. The van der Waals surface area contributed by atoms with Crippen LogP contribution in [0.25, 0.3) is 12.2 Å². The Balaban J connectivity index is 1.58. The summed E-state index contributed by atoms with van der Waals surface area (Å²) < 4.78 is 28.7. The van der Waals surface area contributed by atoms with Gasteiger partial charge >= 0.3 is 6.61 Å². The third kappa shape index (κ3) is 5.17. The van der Waals surface area contributed by atoms with Crippen molar-refractivity contribution in [2.45, 2.75) is 51.6 Å². The SMILES string of the molecule is CC[C@H]1CC[C@H](c2ccc(C=Cc3ccc(OC(F)F)cc3)cc2)CC1. The molecule has 1 aliphatic rings. The summed E-state index contributed by atoms with van der Waals surface area (Å²) in [5, 5.41) is 0. The Labute approximate surface area is 154 Å². The fraction of sp³-hybridized carbons (Fsp3) is 0.391. The van der Waals surface area contributed by atoms with Crippen LogP contribution < -0.4 is 4.74 Å². The molecular formula is C23H26F2O. The van der Waals surface area contributed by atoms with Gasteiger partial charge in [0.15, 0.2) is 0 Å². The Morgan fingerprint density at radius 1 is 0.885 bits per heavy atom. The molecule has 0 amide bonds. The lowest BCUT2D eigenvalue weighted by atomic mass is 9.78. The molecule has 138 valence electrons. The molecule has 0 bridgehead atoms. The maximum absolute atomic E-state index is 12.2. The van der Waals surface area contributed by atoms with Gasteiger partial charge in [-0.05, 0) is 66.3 Å². The van der Waals surface area contributed by atoms with Crippen molar-refractivity contribution in [1.29, 1.82) is 0 Å². The molecule has 3 rings (SSSR count). The number of alkyl halides is 2. The van der Waals surface area contributed by atoms with Gasteiger partial charge in [-0.3, -0.25) is 0 Å². The van der Waals surface area contributed by atoms with Crippen LogP contribution >= 0.6 is 0 Å². The maximum atomic E-state index is 12.2. The lowest BCUT2D eigenvalue weighted by Gasteiger charge is -2.28. The van der Waals surface area contributed by atoms with Crippen LogP contribution in [0.1, 0.15) is 61.6 Å². The van der Waals surface area contributed by atoms with Gasteiger partial charge < -0.3 is 4.74 Å². The summed E-state index contributed by atoms with van der Waals surface area (Å²) >= 11 is 0. The van der Waals surface area contributed by atoms with E-state index in [0.717, 1.165) is 17.0 Å². The Morgan fingerprint density at radius 2 is 1.42 bits per heavy atom.